The van der Waals surface area contributed by atoms with Gasteiger partial charge in [-0.05, 0) is 12.1 Å². The first-order valence-corrected chi connectivity index (χ1v) is 5.10. The van der Waals surface area contributed by atoms with Crippen LogP contribution in [0.2, 0.25) is 0 Å². The van der Waals surface area contributed by atoms with Gasteiger partial charge in [0.15, 0.2) is 11.6 Å². The normalized spacial score (nSPS) is 11.1. The van der Waals surface area contributed by atoms with Crippen molar-refractivity contribution in [3.8, 4) is 11.4 Å². The first kappa shape index (κ1) is 10.8. The molecule has 3 nitrogen and oxygen atoms in total. The zero-order valence-corrected chi connectivity index (χ0v) is 8.92. The summed E-state index contributed by atoms with van der Waals surface area (Å²) in [6.45, 7) is 0. The first-order chi connectivity index (χ1) is 8.65. The molecule has 2 aromatic heterocycles. The fourth-order valence-corrected chi connectivity index (χ4v) is 1.74. The minimum absolute atomic E-state index is 0.0254. The van der Waals surface area contributed by atoms with E-state index in [2.05, 4.69) is 15.0 Å². The summed E-state index contributed by atoms with van der Waals surface area (Å²) in [5.41, 5.74) is 0.308. The summed E-state index contributed by atoms with van der Waals surface area (Å²) in [5.74, 6) is -1.96. The SMILES string of the molecule is Fc1cc(F)c2nc(-c3ccncc3F)[nH]c2c1. The van der Waals surface area contributed by atoms with Crippen LogP contribution >= 0.6 is 0 Å². The lowest BCUT2D eigenvalue weighted by Crippen LogP contribution is -1.87. The number of H-pyrrole nitrogens is 1. The van der Waals surface area contributed by atoms with Gasteiger partial charge in [0, 0.05) is 12.3 Å². The van der Waals surface area contributed by atoms with Crippen molar-refractivity contribution in [3.63, 3.8) is 0 Å². The summed E-state index contributed by atoms with van der Waals surface area (Å²) in [5, 5.41) is 0. The van der Waals surface area contributed by atoms with Gasteiger partial charge in [-0.15, -0.1) is 0 Å². The Labute approximate surface area is 99.3 Å². The molecule has 0 aliphatic heterocycles. The van der Waals surface area contributed by atoms with E-state index in [-0.39, 0.29) is 22.4 Å². The van der Waals surface area contributed by atoms with Crippen LogP contribution in [0.1, 0.15) is 0 Å². The van der Waals surface area contributed by atoms with Gasteiger partial charge in [-0.2, -0.15) is 0 Å². The molecule has 0 aliphatic carbocycles. The number of imidazole rings is 1. The van der Waals surface area contributed by atoms with Gasteiger partial charge in [0.25, 0.3) is 0 Å². The Hall–Kier alpha value is -2.37. The molecule has 18 heavy (non-hydrogen) atoms. The molecule has 2 heterocycles. The van der Waals surface area contributed by atoms with E-state index in [1.54, 1.807) is 0 Å². The van der Waals surface area contributed by atoms with Crippen molar-refractivity contribution in [3.05, 3.63) is 48.0 Å². The molecule has 1 aromatic carbocycles. The Morgan fingerprint density at radius 2 is 1.89 bits per heavy atom. The van der Waals surface area contributed by atoms with Crippen LogP contribution in [-0.2, 0) is 0 Å². The fraction of sp³-hybridized carbons (Fsp3) is 0. The average molecular weight is 249 g/mol. The molecule has 3 aromatic rings. The van der Waals surface area contributed by atoms with E-state index in [4.69, 9.17) is 0 Å². The van der Waals surface area contributed by atoms with Crippen molar-refractivity contribution in [2.24, 2.45) is 0 Å². The second kappa shape index (κ2) is 3.83. The van der Waals surface area contributed by atoms with Crippen LogP contribution in [0.15, 0.2) is 30.6 Å². The molecular weight excluding hydrogens is 243 g/mol. The Bertz CT molecular complexity index is 737. The summed E-state index contributed by atoms with van der Waals surface area (Å²) < 4.78 is 40.0. The van der Waals surface area contributed by atoms with Crippen molar-refractivity contribution in [1.29, 1.82) is 0 Å². The van der Waals surface area contributed by atoms with Crippen LogP contribution in [0.5, 0.6) is 0 Å². The van der Waals surface area contributed by atoms with Crippen LogP contribution < -0.4 is 0 Å². The van der Waals surface area contributed by atoms with E-state index in [9.17, 15) is 13.2 Å². The van der Waals surface area contributed by atoms with Crippen LogP contribution in [-0.4, -0.2) is 15.0 Å². The minimum atomic E-state index is -0.790. The van der Waals surface area contributed by atoms with Crippen LogP contribution in [0, 0.1) is 17.5 Å². The van der Waals surface area contributed by atoms with Gasteiger partial charge >= 0.3 is 0 Å². The van der Waals surface area contributed by atoms with Gasteiger partial charge in [0.1, 0.15) is 17.2 Å². The van der Waals surface area contributed by atoms with Gasteiger partial charge < -0.3 is 4.98 Å². The first-order valence-electron chi connectivity index (χ1n) is 5.10. The van der Waals surface area contributed by atoms with Crippen LogP contribution in [0.4, 0.5) is 13.2 Å². The van der Waals surface area contributed by atoms with Crippen molar-refractivity contribution in [2.75, 3.05) is 0 Å². The van der Waals surface area contributed by atoms with Crippen molar-refractivity contribution >= 4 is 11.0 Å². The zero-order chi connectivity index (χ0) is 12.7. The lowest BCUT2D eigenvalue weighted by atomic mass is 10.2. The summed E-state index contributed by atoms with van der Waals surface area (Å²) in [7, 11) is 0. The zero-order valence-electron chi connectivity index (χ0n) is 8.92. The van der Waals surface area contributed by atoms with E-state index in [0.717, 1.165) is 18.3 Å². The number of aromatic amines is 1. The second-order valence-corrected chi connectivity index (χ2v) is 3.72. The number of hydrogen-bond donors (Lipinski definition) is 1. The van der Waals surface area contributed by atoms with E-state index in [0.29, 0.717) is 0 Å². The van der Waals surface area contributed by atoms with Gasteiger partial charge in [0.05, 0.1) is 17.3 Å². The third kappa shape index (κ3) is 1.62. The summed E-state index contributed by atoms with van der Waals surface area (Å²) in [6.07, 6.45) is 2.42. The van der Waals surface area contributed by atoms with E-state index >= 15 is 0 Å². The Morgan fingerprint density at radius 1 is 1.06 bits per heavy atom. The molecular formula is C12H6F3N3. The van der Waals surface area contributed by atoms with Crippen molar-refractivity contribution in [2.45, 2.75) is 0 Å². The summed E-state index contributed by atoms with van der Waals surface area (Å²) >= 11 is 0. The van der Waals surface area contributed by atoms with Gasteiger partial charge in [-0.3, -0.25) is 4.98 Å². The minimum Gasteiger partial charge on any atom is -0.338 e. The highest BCUT2D eigenvalue weighted by Gasteiger charge is 2.13. The monoisotopic (exact) mass is 249 g/mol. The smallest absolute Gasteiger partial charge is 0.153 e. The second-order valence-electron chi connectivity index (χ2n) is 3.72. The number of nitrogens with zero attached hydrogens (tertiary/aromatic N) is 2. The molecule has 0 saturated carbocycles. The molecule has 0 saturated heterocycles. The average Bonchev–Trinajstić information content (AvgIpc) is 2.73. The molecule has 1 N–H and O–H groups in total. The molecule has 0 aliphatic rings. The predicted molar refractivity (Wildman–Crippen MR) is 59.2 cm³/mol. The number of hydrogen-bond acceptors (Lipinski definition) is 2. The lowest BCUT2D eigenvalue weighted by Gasteiger charge is -1.96. The summed E-state index contributed by atoms with van der Waals surface area (Å²) in [4.78, 5) is 10.2. The third-order valence-electron chi connectivity index (χ3n) is 2.53. The molecule has 6 heteroatoms. The lowest BCUT2D eigenvalue weighted by molar-refractivity contribution is 0.590. The van der Waals surface area contributed by atoms with Crippen molar-refractivity contribution < 1.29 is 13.2 Å². The fourth-order valence-electron chi connectivity index (χ4n) is 1.74. The maximum Gasteiger partial charge on any atom is 0.153 e. The Balaban J connectivity index is 2.26. The number of benzene rings is 1. The number of fused-ring (bicyclic) bond motifs is 1. The highest BCUT2D eigenvalue weighted by molar-refractivity contribution is 5.80. The maximum atomic E-state index is 13.5. The molecule has 0 bridgehead atoms. The standard InChI is InChI=1S/C12H6F3N3/c13-6-3-8(14)11-10(4-6)17-12(18-11)7-1-2-16-5-9(7)15/h1-5H,(H,17,18). The molecule has 3 rings (SSSR count). The molecule has 0 fully saturated rings. The number of pyridine rings is 1. The van der Waals surface area contributed by atoms with Gasteiger partial charge in [0.2, 0.25) is 0 Å². The van der Waals surface area contributed by atoms with Gasteiger partial charge in [-0.25, -0.2) is 18.2 Å². The third-order valence-corrected chi connectivity index (χ3v) is 2.53. The number of aromatic nitrogens is 3. The Morgan fingerprint density at radius 3 is 2.67 bits per heavy atom. The van der Waals surface area contributed by atoms with Gasteiger partial charge in [-0.1, -0.05) is 0 Å². The van der Waals surface area contributed by atoms with Crippen LogP contribution in [0.3, 0.4) is 0 Å². The summed E-state index contributed by atoms with van der Waals surface area (Å²) in [6, 6.07) is 3.24. The largest absolute Gasteiger partial charge is 0.338 e. The molecule has 0 amide bonds. The predicted octanol–water partition coefficient (Wildman–Crippen LogP) is 3.04. The Kier molecular flexibility index (Phi) is 2.29. The number of rotatable bonds is 1. The van der Waals surface area contributed by atoms with E-state index < -0.39 is 17.5 Å². The highest BCUT2D eigenvalue weighted by atomic mass is 19.1. The highest BCUT2D eigenvalue weighted by Crippen LogP contribution is 2.24. The molecule has 90 valence electrons. The maximum absolute atomic E-state index is 13.5. The van der Waals surface area contributed by atoms with Crippen LogP contribution in [0.25, 0.3) is 22.4 Å². The molecule has 0 radical (unpaired) electrons. The van der Waals surface area contributed by atoms with E-state index in [1.165, 1.54) is 12.3 Å². The molecule has 0 spiro atoms. The topological polar surface area (TPSA) is 41.6 Å². The molecule has 0 unspecified atom stereocenters. The quantitative estimate of drug-likeness (QED) is 0.720. The van der Waals surface area contributed by atoms with Crippen molar-refractivity contribution in [1.82, 2.24) is 15.0 Å². The van der Waals surface area contributed by atoms with E-state index in [1.807, 2.05) is 0 Å². The molecule has 0 atom stereocenters. The number of halogens is 3. The number of nitrogens with one attached hydrogen (secondary N) is 1.